The molecule has 0 heterocycles. The topological polar surface area (TPSA) is 20.2 Å². The molecule has 0 saturated carbocycles. The molecule has 2 aromatic rings. The second-order valence-electron chi connectivity index (χ2n) is 11.9. The third kappa shape index (κ3) is 4.87. The van der Waals surface area contributed by atoms with Crippen LogP contribution in [0.25, 0.3) is 0 Å². The maximum absolute atomic E-state index is 11.0. The monoisotopic (exact) mass is 394 g/mol. The van der Waals surface area contributed by atoms with Gasteiger partial charge in [-0.05, 0) is 63.5 Å². The van der Waals surface area contributed by atoms with Crippen LogP contribution >= 0.6 is 0 Å². The molecule has 0 aliphatic carbocycles. The molecule has 0 aliphatic rings. The molecule has 0 amide bonds. The van der Waals surface area contributed by atoms with E-state index >= 15 is 0 Å². The Morgan fingerprint density at radius 2 is 1.10 bits per heavy atom. The molecular formula is C28H42O. The molecular weight excluding hydrogens is 352 g/mol. The highest BCUT2D eigenvalue weighted by Gasteiger charge is 2.27. The van der Waals surface area contributed by atoms with Gasteiger partial charge in [0.25, 0.3) is 0 Å². The van der Waals surface area contributed by atoms with Gasteiger partial charge in [0, 0.05) is 11.5 Å². The number of rotatable bonds is 2. The first-order valence-corrected chi connectivity index (χ1v) is 10.9. The summed E-state index contributed by atoms with van der Waals surface area (Å²) in [6.45, 7) is 26.9. The lowest BCUT2D eigenvalue weighted by atomic mass is 9.74. The van der Waals surface area contributed by atoms with Gasteiger partial charge in [0.05, 0.1) is 0 Å². The van der Waals surface area contributed by atoms with Crippen LogP contribution in [0.3, 0.4) is 0 Å². The van der Waals surface area contributed by atoms with Crippen LogP contribution < -0.4 is 0 Å². The van der Waals surface area contributed by atoms with Crippen molar-refractivity contribution in [2.45, 2.75) is 105 Å². The van der Waals surface area contributed by atoms with Gasteiger partial charge in [-0.2, -0.15) is 0 Å². The fourth-order valence-corrected chi connectivity index (χ4v) is 4.14. The highest BCUT2D eigenvalue weighted by atomic mass is 16.3. The van der Waals surface area contributed by atoms with Gasteiger partial charge in [-0.3, -0.25) is 0 Å². The van der Waals surface area contributed by atoms with Gasteiger partial charge in [-0.25, -0.2) is 0 Å². The van der Waals surface area contributed by atoms with Gasteiger partial charge >= 0.3 is 0 Å². The molecule has 0 aromatic heterocycles. The first-order chi connectivity index (χ1) is 12.9. The molecule has 29 heavy (non-hydrogen) atoms. The van der Waals surface area contributed by atoms with Gasteiger partial charge in [0.2, 0.25) is 0 Å². The minimum Gasteiger partial charge on any atom is -0.507 e. The van der Waals surface area contributed by atoms with Gasteiger partial charge in [0.1, 0.15) is 5.75 Å². The van der Waals surface area contributed by atoms with Crippen LogP contribution in [0.5, 0.6) is 5.75 Å². The molecule has 0 bridgehead atoms. The second-order valence-corrected chi connectivity index (χ2v) is 11.9. The SMILES string of the molecule is Cc1cc(C(C)(C)C)cc(C(C)c2cc(C(C)(C)C)cc(C(C)(C)C)c2C)c1O. The summed E-state index contributed by atoms with van der Waals surface area (Å²) in [5.74, 6) is 0.558. The molecule has 0 radical (unpaired) electrons. The molecule has 0 aliphatic heterocycles. The molecule has 1 unspecified atom stereocenters. The van der Waals surface area contributed by atoms with E-state index in [0.29, 0.717) is 5.75 Å². The van der Waals surface area contributed by atoms with Crippen LogP contribution in [0.2, 0.25) is 0 Å². The van der Waals surface area contributed by atoms with Crippen LogP contribution in [-0.2, 0) is 16.2 Å². The van der Waals surface area contributed by atoms with Crippen molar-refractivity contribution in [1.29, 1.82) is 0 Å². The summed E-state index contributed by atoms with van der Waals surface area (Å²) >= 11 is 0. The Morgan fingerprint density at radius 3 is 1.55 bits per heavy atom. The summed E-state index contributed by atoms with van der Waals surface area (Å²) in [6, 6.07) is 9.10. The van der Waals surface area contributed by atoms with Crippen molar-refractivity contribution in [3.63, 3.8) is 0 Å². The molecule has 160 valence electrons. The number of phenols is 1. The minimum atomic E-state index is 0.0474. The normalized spacial score (nSPS) is 14.2. The van der Waals surface area contributed by atoms with E-state index in [1.165, 1.54) is 27.8 Å². The zero-order valence-corrected chi connectivity index (χ0v) is 20.8. The van der Waals surface area contributed by atoms with E-state index in [1.54, 1.807) is 0 Å². The number of aryl methyl sites for hydroxylation is 1. The number of aromatic hydroxyl groups is 1. The number of benzene rings is 2. The minimum absolute atomic E-state index is 0.0474. The third-order valence-corrected chi connectivity index (χ3v) is 6.25. The Kier molecular flexibility index (Phi) is 6.07. The molecule has 1 N–H and O–H groups in total. The highest BCUT2D eigenvalue weighted by molar-refractivity contribution is 5.53. The van der Waals surface area contributed by atoms with Crippen molar-refractivity contribution in [1.82, 2.24) is 0 Å². The van der Waals surface area contributed by atoms with Gasteiger partial charge < -0.3 is 5.11 Å². The number of phenolic OH excluding ortho intramolecular Hbond substituents is 1. The molecule has 0 saturated heterocycles. The Hall–Kier alpha value is -1.76. The number of hydrogen-bond donors (Lipinski definition) is 1. The lowest BCUT2D eigenvalue weighted by Crippen LogP contribution is -2.20. The van der Waals surface area contributed by atoms with E-state index in [4.69, 9.17) is 0 Å². The standard InChI is InChI=1S/C28H42O/c1-17-13-20(26(4,5)6)15-23(25(17)29)18(2)22-14-21(27(7,8)9)16-24(19(22)3)28(10,11)12/h13-16,18,29H,1-12H3. The summed E-state index contributed by atoms with van der Waals surface area (Å²) in [4.78, 5) is 0. The Morgan fingerprint density at radius 1 is 0.655 bits per heavy atom. The third-order valence-electron chi connectivity index (χ3n) is 6.25. The van der Waals surface area contributed by atoms with Crippen LogP contribution in [0.1, 0.15) is 114 Å². The van der Waals surface area contributed by atoms with Crippen LogP contribution in [0.15, 0.2) is 24.3 Å². The molecule has 1 nitrogen and oxygen atoms in total. The van der Waals surface area contributed by atoms with Crippen molar-refractivity contribution < 1.29 is 5.11 Å². The van der Waals surface area contributed by atoms with E-state index < -0.39 is 0 Å². The van der Waals surface area contributed by atoms with E-state index in [0.717, 1.165) is 11.1 Å². The quantitative estimate of drug-likeness (QED) is 0.546. The van der Waals surface area contributed by atoms with E-state index in [1.807, 2.05) is 6.92 Å². The summed E-state index contributed by atoms with van der Waals surface area (Å²) < 4.78 is 0. The van der Waals surface area contributed by atoms with Crippen molar-refractivity contribution >= 4 is 0 Å². The molecule has 2 rings (SSSR count). The summed E-state index contributed by atoms with van der Waals surface area (Å²) in [7, 11) is 0. The predicted molar refractivity (Wildman–Crippen MR) is 128 cm³/mol. The highest BCUT2D eigenvalue weighted by Crippen LogP contribution is 2.41. The second kappa shape index (κ2) is 7.49. The van der Waals surface area contributed by atoms with Crippen molar-refractivity contribution in [2.24, 2.45) is 0 Å². The Bertz CT molecular complexity index is 896. The fraction of sp³-hybridized carbons (Fsp3) is 0.571. The molecule has 2 aromatic carbocycles. The maximum Gasteiger partial charge on any atom is 0.122 e. The lowest BCUT2D eigenvalue weighted by Gasteiger charge is -2.31. The smallest absolute Gasteiger partial charge is 0.122 e. The average Bonchev–Trinajstić information content (AvgIpc) is 2.53. The van der Waals surface area contributed by atoms with E-state index in [9.17, 15) is 5.11 Å². The largest absolute Gasteiger partial charge is 0.507 e. The first kappa shape index (κ1) is 23.5. The first-order valence-electron chi connectivity index (χ1n) is 10.9. The van der Waals surface area contributed by atoms with Crippen LogP contribution in [-0.4, -0.2) is 5.11 Å². The summed E-state index contributed by atoms with van der Waals surface area (Å²) in [6.07, 6.45) is 0. The van der Waals surface area contributed by atoms with Crippen LogP contribution in [0.4, 0.5) is 0 Å². The Balaban J connectivity index is 2.80. The number of hydrogen-bond acceptors (Lipinski definition) is 1. The lowest BCUT2D eigenvalue weighted by molar-refractivity contribution is 0.460. The van der Waals surface area contributed by atoms with Gasteiger partial charge in [0.15, 0.2) is 0 Å². The molecule has 0 fully saturated rings. The van der Waals surface area contributed by atoms with Gasteiger partial charge in [-0.15, -0.1) is 0 Å². The van der Waals surface area contributed by atoms with Crippen LogP contribution in [0, 0.1) is 13.8 Å². The maximum atomic E-state index is 11.0. The molecule has 0 spiro atoms. The summed E-state index contributed by atoms with van der Waals surface area (Å²) in [5.41, 5.74) is 8.89. The van der Waals surface area contributed by atoms with Gasteiger partial charge in [-0.1, -0.05) is 93.5 Å². The van der Waals surface area contributed by atoms with Crippen molar-refractivity contribution in [3.8, 4) is 5.75 Å². The Labute approximate surface area is 179 Å². The molecule has 1 heteroatoms. The zero-order chi connectivity index (χ0) is 22.5. The van der Waals surface area contributed by atoms with E-state index in [-0.39, 0.29) is 22.2 Å². The zero-order valence-electron chi connectivity index (χ0n) is 20.8. The fourth-order valence-electron chi connectivity index (χ4n) is 4.14. The summed E-state index contributed by atoms with van der Waals surface area (Å²) in [5, 5.41) is 11.0. The van der Waals surface area contributed by atoms with Crippen molar-refractivity contribution in [3.05, 3.63) is 63.2 Å². The molecule has 1 atom stereocenters. The average molecular weight is 395 g/mol. The van der Waals surface area contributed by atoms with Crippen molar-refractivity contribution in [2.75, 3.05) is 0 Å². The predicted octanol–water partition coefficient (Wildman–Crippen LogP) is 8.05. The van der Waals surface area contributed by atoms with E-state index in [2.05, 4.69) is 100 Å².